The topological polar surface area (TPSA) is 37.3 Å². The summed E-state index contributed by atoms with van der Waals surface area (Å²) in [5.74, 6) is 0.0596. The van der Waals surface area contributed by atoms with Crippen LogP contribution in [0.3, 0.4) is 0 Å². The van der Waals surface area contributed by atoms with Crippen LogP contribution in [0, 0.1) is 0 Å². The lowest BCUT2D eigenvalue weighted by molar-refractivity contribution is -0.110. The number of aliphatic hydroxyl groups is 1. The van der Waals surface area contributed by atoms with Crippen molar-refractivity contribution in [2.75, 3.05) is 0 Å². The van der Waals surface area contributed by atoms with E-state index in [1.165, 1.54) is 0 Å². The molecule has 2 heteroatoms. The number of carbonyl (C=O) groups excluding carboxylic acids is 1. The Morgan fingerprint density at radius 1 is 1.35 bits per heavy atom. The Morgan fingerprint density at radius 3 is 2.76 bits per heavy atom. The Hall–Kier alpha value is -1.67. The van der Waals surface area contributed by atoms with Crippen LogP contribution in [-0.4, -0.2) is 17.0 Å². The third kappa shape index (κ3) is 2.37. The largest absolute Gasteiger partial charge is 0.393 e. The first-order valence-corrected chi connectivity index (χ1v) is 5.80. The van der Waals surface area contributed by atoms with Crippen LogP contribution in [0.15, 0.2) is 35.9 Å². The highest BCUT2D eigenvalue weighted by Crippen LogP contribution is 2.11. The number of hydrogen-bond donors (Lipinski definition) is 1. The number of carbonyl (C=O) groups is 1. The zero-order valence-corrected chi connectivity index (χ0v) is 10.1. The summed E-state index contributed by atoms with van der Waals surface area (Å²) in [5, 5.41) is 11.3. The Bertz CT molecular complexity index is 592. The Morgan fingerprint density at radius 2 is 2.06 bits per heavy atom. The minimum Gasteiger partial charge on any atom is -0.393 e. The van der Waals surface area contributed by atoms with Crippen LogP contribution >= 0.6 is 0 Å². The van der Waals surface area contributed by atoms with E-state index in [4.69, 9.17) is 0 Å². The second-order valence-electron chi connectivity index (χ2n) is 4.43. The van der Waals surface area contributed by atoms with Gasteiger partial charge < -0.3 is 5.11 Å². The molecule has 2 nitrogen and oxygen atoms in total. The van der Waals surface area contributed by atoms with Crippen molar-refractivity contribution in [1.29, 1.82) is 0 Å². The maximum Gasteiger partial charge on any atom is 0.189 e. The predicted molar refractivity (Wildman–Crippen MR) is 68.6 cm³/mol. The predicted octanol–water partition coefficient (Wildman–Crippen LogP) is 0.918. The average molecular weight is 228 g/mol. The van der Waals surface area contributed by atoms with Crippen LogP contribution in [0.25, 0.3) is 11.6 Å². The first kappa shape index (κ1) is 11.8. The fourth-order valence-electron chi connectivity index (χ4n) is 1.99. The van der Waals surface area contributed by atoms with Gasteiger partial charge in [0.25, 0.3) is 0 Å². The second-order valence-corrected chi connectivity index (χ2v) is 4.43. The van der Waals surface area contributed by atoms with Gasteiger partial charge in [0.15, 0.2) is 5.78 Å². The Labute approximate surface area is 101 Å². The van der Waals surface area contributed by atoms with Gasteiger partial charge in [0.2, 0.25) is 0 Å². The number of Topliss-reactive ketones (excluding diaryl/α,β-unsaturated/α-hetero) is 1. The minimum absolute atomic E-state index is 0.0596. The summed E-state index contributed by atoms with van der Waals surface area (Å²) in [4.78, 5) is 12.1. The summed E-state index contributed by atoms with van der Waals surface area (Å²) >= 11 is 0. The van der Waals surface area contributed by atoms with Gasteiger partial charge in [-0.15, -0.1) is 0 Å². The van der Waals surface area contributed by atoms with Gasteiger partial charge in [0.05, 0.1) is 6.10 Å². The van der Waals surface area contributed by atoms with Crippen LogP contribution < -0.4 is 10.4 Å². The first-order valence-electron chi connectivity index (χ1n) is 5.80. The molecule has 0 unspecified atom stereocenters. The zero-order chi connectivity index (χ0) is 12.4. The van der Waals surface area contributed by atoms with Crippen molar-refractivity contribution in [2.45, 2.75) is 26.4 Å². The molecular weight excluding hydrogens is 212 g/mol. The minimum atomic E-state index is -0.416. The van der Waals surface area contributed by atoms with E-state index in [0.717, 1.165) is 16.0 Å². The maximum atomic E-state index is 12.1. The molecule has 0 bridgehead atoms. The lowest BCUT2D eigenvalue weighted by Gasteiger charge is -2.09. The molecule has 0 saturated carbocycles. The van der Waals surface area contributed by atoms with Gasteiger partial charge in [0, 0.05) is 11.1 Å². The molecule has 88 valence electrons. The summed E-state index contributed by atoms with van der Waals surface area (Å²) in [7, 11) is 0. The van der Waals surface area contributed by atoms with Crippen LogP contribution in [0.2, 0.25) is 0 Å². The van der Waals surface area contributed by atoms with E-state index < -0.39 is 6.10 Å². The fraction of sp³-hybridized carbons (Fsp3) is 0.267. The third-order valence-corrected chi connectivity index (χ3v) is 2.96. The normalized spacial score (nSPS) is 18.9. The molecule has 17 heavy (non-hydrogen) atoms. The summed E-state index contributed by atoms with van der Waals surface area (Å²) in [6.07, 6.45) is 3.80. The van der Waals surface area contributed by atoms with E-state index in [1.54, 1.807) is 6.92 Å². The van der Waals surface area contributed by atoms with Gasteiger partial charge >= 0.3 is 0 Å². The highest BCUT2D eigenvalue weighted by Gasteiger charge is 2.14. The molecule has 1 aromatic rings. The van der Waals surface area contributed by atoms with Gasteiger partial charge in [-0.25, -0.2) is 0 Å². The lowest BCUT2D eigenvalue weighted by atomic mass is 9.94. The number of aliphatic hydroxyl groups excluding tert-OH is 1. The number of allylic oxidation sites excluding steroid dienone is 1. The molecule has 1 aliphatic rings. The number of ketones is 1. The van der Waals surface area contributed by atoms with Crippen LogP contribution in [-0.2, 0) is 4.79 Å². The Kier molecular flexibility index (Phi) is 3.25. The van der Waals surface area contributed by atoms with E-state index in [2.05, 4.69) is 0 Å². The number of rotatable bonds is 2. The zero-order valence-electron chi connectivity index (χ0n) is 10.1. The summed E-state index contributed by atoms with van der Waals surface area (Å²) < 4.78 is 0. The SMILES string of the molecule is CC1=c2ccccc2=C/C(=C\C[C@@H](C)O)C1=O. The quantitative estimate of drug-likeness (QED) is 0.764. The first-order chi connectivity index (χ1) is 8.09. The summed E-state index contributed by atoms with van der Waals surface area (Å²) in [6, 6.07) is 7.87. The standard InChI is InChI=1S/C15H16O2/c1-10(16)7-8-13-9-12-5-3-4-6-14(12)11(2)15(13)17/h3-6,8-10,16H,7H2,1-2H3/b13-8+/t10-/m1/s1. The number of fused-ring (bicyclic) bond motifs is 1. The van der Waals surface area contributed by atoms with Gasteiger partial charge in [-0.3, -0.25) is 4.79 Å². The molecule has 0 fully saturated rings. The molecule has 0 amide bonds. The van der Waals surface area contributed by atoms with Crippen molar-refractivity contribution in [3.63, 3.8) is 0 Å². The molecule has 0 spiro atoms. The smallest absolute Gasteiger partial charge is 0.189 e. The Balaban J connectivity index is 2.55. The van der Waals surface area contributed by atoms with Gasteiger partial charge in [-0.2, -0.15) is 0 Å². The van der Waals surface area contributed by atoms with E-state index in [0.29, 0.717) is 12.0 Å². The van der Waals surface area contributed by atoms with E-state index in [1.807, 2.05) is 43.3 Å². The molecule has 0 saturated heterocycles. The molecule has 1 atom stereocenters. The van der Waals surface area contributed by atoms with E-state index in [9.17, 15) is 9.90 Å². The molecular formula is C15H16O2. The molecule has 1 aromatic carbocycles. The third-order valence-electron chi connectivity index (χ3n) is 2.96. The summed E-state index contributed by atoms with van der Waals surface area (Å²) in [5.41, 5.74) is 1.46. The van der Waals surface area contributed by atoms with Crippen LogP contribution in [0.4, 0.5) is 0 Å². The number of benzene rings is 1. The van der Waals surface area contributed by atoms with E-state index in [-0.39, 0.29) is 5.78 Å². The highest BCUT2D eigenvalue weighted by molar-refractivity contribution is 6.27. The van der Waals surface area contributed by atoms with Crippen molar-refractivity contribution in [3.8, 4) is 0 Å². The van der Waals surface area contributed by atoms with Crippen LogP contribution in [0.1, 0.15) is 20.3 Å². The van der Waals surface area contributed by atoms with Gasteiger partial charge in [0.1, 0.15) is 0 Å². The lowest BCUT2D eigenvalue weighted by Crippen LogP contribution is -2.32. The average Bonchev–Trinajstić information content (AvgIpc) is 2.32. The molecule has 0 aromatic heterocycles. The van der Waals surface area contributed by atoms with Gasteiger partial charge in [-0.05, 0) is 36.8 Å². The molecule has 0 heterocycles. The van der Waals surface area contributed by atoms with E-state index >= 15 is 0 Å². The van der Waals surface area contributed by atoms with Crippen molar-refractivity contribution in [2.24, 2.45) is 0 Å². The summed E-state index contributed by atoms with van der Waals surface area (Å²) in [6.45, 7) is 3.57. The molecule has 1 N–H and O–H groups in total. The molecule has 1 aliphatic carbocycles. The number of hydrogen-bond acceptors (Lipinski definition) is 2. The molecule has 0 aliphatic heterocycles. The van der Waals surface area contributed by atoms with Crippen LogP contribution in [0.5, 0.6) is 0 Å². The van der Waals surface area contributed by atoms with Crippen molar-refractivity contribution in [3.05, 3.63) is 46.4 Å². The highest BCUT2D eigenvalue weighted by atomic mass is 16.3. The second kappa shape index (κ2) is 4.68. The molecule has 0 radical (unpaired) electrons. The van der Waals surface area contributed by atoms with Crippen molar-refractivity contribution in [1.82, 2.24) is 0 Å². The van der Waals surface area contributed by atoms with Crippen molar-refractivity contribution >= 4 is 17.4 Å². The molecule has 2 rings (SSSR count). The van der Waals surface area contributed by atoms with Gasteiger partial charge in [-0.1, -0.05) is 30.3 Å². The maximum absolute atomic E-state index is 12.1. The monoisotopic (exact) mass is 228 g/mol. The van der Waals surface area contributed by atoms with Crippen molar-refractivity contribution < 1.29 is 9.90 Å². The fourth-order valence-corrected chi connectivity index (χ4v) is 1.99.